The Kier molecular flexibility index (Phi) is 5.53. The minimum atomic E-state index is -1.52. The molecular weight excluding hydrogens is 394 g/mol. The number of aryl methyl sites for hydroxylation is 2. The largest absolute Gasteiger partial charge is 0.369 e. The summed E-state index contributed by atoms with van der Waals surface area (Å²) < 4.78 is 3.83. The Morgan fingerprint density at radius 2 is 1.63 bits per heavy atom. The van der Waals surface area contributed by atoms with Crippen molar-refractivity contribution in [2.45, 2.75) is 5.60 Å². The first-order valence-electron chi connectivity index (χ1n) is 9.69. The van der Waals surface area contributed by atoms with E-state index in [1.54, 1.807) is 0 Å². The SMILES string of the molecule is Cn1cc[n+](C)c1C(O)(C(=Nc1ccccc1)c1cccc(Cl)c1)c1ccccc1. The number of nitrogens with zero attached hydrogens (tertiary/aromatic N) is 3. The van der Waals surface area contributed by atoms with Gasteiger partial charge in [0.2, 0.25) is 5.60 Å². The smallest absolute Gasteiger partial charge is 0.299 e. The van der Waals surface area contributed by atoms with Gasteiger partial charge in [0.1, 0.15) is 12.4 Å². The van der Waals surface area contributed by atoms with Crippen LogP contribution < -0.4 is 4.57 Å². The molecule has 1 heterocycles. The summed E-state index contributed by atoms with van der Waals surface area (Å²) in [6.07, 6.45) is 3.84. The standard InChI is InChI=1S/C25H23ClN3O/c1-28-16-17-29(2)24(28)25(30,20-11-5-3-6-12-20)23(19-10-9-13-21(26)18-19)27-22-14-7-4-8-15-22/h3-18,30H,1-2H3/q+1. The molecule has 0 aliphatic heterocycles. The Morgan fingerprint density at radius 3 is 2.23 bits per heavy atom. The van der Waals surface area contributed by atoms with E-state index in [2.05, 4.69) is 0 Å². The van der Waals surface area contributed by atoms with Gasteiger partial charge in [0.05, 0.1) is 25.5 Å². The lowest BCUT2D eigenvalue weighted by Crippen LogP contribution is -2.49. The third-order valence-electron chi connectivity index (χ3n) is 5.14. The van der Waals surface area contributed by atoms with Crippen molar-refractivity contribution < 1.29 is 9.67 Å². The molecule has 150 valence electrons. The van der Waals surface area contributed by atoms with E-state index in [0.29, 0.717) is 16.6 Å². The molecule has 0 amide bonds. The number of halogens is 1. The monoisotopic (exact) mass is 416 g/mol. The van der Waals surface area contributed by atoms with Gasteiger partial charge in [0.25, 0.3) is 5.82 Å². The highest BCUT2D eigenvalue weighted by Gasteiger charge is 2.47. The number of hydrogen-bond donors (Lipinski definition) is 1. The van der Waals surface area contributed by atoms with Gasteiger partial charge in [-0.15, -0.1) is 0 Å². The summed E-state index contributed by atoms with van der Waals surface area (Å²) >= 11 is 6.33. The first kappa shape index (κ1) is 20.1. The van der Waals surface area contributed by atoms with Gasteiger partial charge in [0, 0.05) is 16.1 Å². The van der Waals surface area contributed by atoms with Gasteiger partial charge in [-0.25, -0.2) is 14.1 Å². The average Bonchev–Trinajstić information content (AvgIpc) is 3.11. The van der Waals surface area contributed by atoms with Crippen LogP contribution in [0.2, 0.25) is 5.02 Å². The molecule has 4 aromatic rings. The molecule has 0 aliphatic carbocycles. The van der Waals surface area contributed by atoms with Crippen molar-refractivity contribution >= 4 is 23.0 Å². The maximum Gasteiger partial charge on any atom is 0.299 e. The molecule has 5 heteroatoms. The molecule has 0 spiro atoms. The molecule has 1 atom stereocenters. The summed E-state index contributed by atoms with van der Waals surface area (Å²) in [6.45, 7) is 0. The van der Waals surface area contributed by atoms with E-state index in [9.17, 15) is 5.11 Å². The van der Waals surface area contributed by atoms with Crippen LogP contribution in [0.4, 0.5) is 5.69 Å². The molecule has 0 fully saturated rings. The molecule has 0 saturated carbocycles. The molecule has 1 N–H and O–H groups in total. The normalized spacial score (nSPS) is 13.8. The maximum atomic E-state index is 12.5. The fourth-order valence-corrected chi connectivity index (χ4v) is 3.96. The van der Waals surface area contributed by atoms with E-state index in [4.69, 9.17) is 16.6 Å². The zero-order valence-corrected chi connectivity index (χ0v) is 17.7. The van der Waals surface area contributed by atoms with Crippen molar-refractivity contribution in [3.05, 3.63) is 119 Å². The maximum absolute atomic E-state index is 12.5. The van der Waals surface area contributed by atoms with Crippen molar-refractivity contribution in [1.29, 1.82) is 0 Å². The Labute approximate surface area is 181 Å². The lowest BCUT2D eigenvalue weighted by atomic mass is 9.83. The van der Waals surface area contributed by atoms with Crippen LogP contribution in [0, 0.1) is 0 Å². The number of imidazole rings is 1. The molecule has 0 bridgehead atoms. The van der Waals surface area contributed by atoms with E-state index < -0.39 is 5.60 Å². The summed E-state index contributed by atoms with van der Waals surface area (Å²) in [7, 11) is 3.84. The number of para-hydroxylation sites is 1. The minimum Gasteiger partial charge on any atom is -0.369 e. The molecule has 3 aromatic carbocycles. The topological polar surface area (TPSA) is 41.4 Å². The molecule has 4 nitrogen and oxygen atoms in total. The summed E-state index contributed by atoms with van der Waals surface area (Å²) in [4.78, 5) is 4.94. The quantitative estimate of drug-likeness (QED) is 0.376. The highest BCUT2D eigenvalue weighted by atomic mass is 35.5. The zero-order valence-electron chi connectivity index (χ0n) is 16.9. The number of aromatic nitrogens is 2. The van der Waals surface area contributed by atoms with Crippen molar-refractivity contribution in [2.24, 2.45) is 19.1 Å². The van der Waals surface area contributed by atoms with Crippen molar-refractivity contribution in [1.82, 2.24) is 4.57 Å². The van der Waals surface area contributed by atoms with Crippen LogP contribution in [-0.4, -0.2) is 15.4 Å². The molecule has 1 aromatic heterocycles. The highest BCUT2D eigenvalue weighted by Crippen LogP contribution is 2.34. The second-order valence-electron chi connectivity index (χ2n) is 7.23. The van der Waals surface area contributed by atoms with Gasteiger partial charge in [-0.2, -0.15) is 0 Å². The van der Waals surface area contributed by atoms with E-state index in [1.807, 2.05) is 121 Å². The first-order valence-corrected chi connectivity index (χ1v) is 10.1. The van der Waals surface area contributed by atoms with Crippen LogP contribution in [0.5, 0.6) is 0 Å². The summed E-state index contributed by atoms with van der Waals surface area (Å²) in [5.74, 6) is 0.684. The Bertz CT molecular complexity index is 1170. The minimum absolute atomic E-state index is 0.500. The van der Waals surface area contributed by atoms with Crippen LogP contribution in [0.15, 0.2) is 102 Å². The molecular formula is C25H23ClN3O+. The van der Waals surface area contributed by atoms with Gasteiger partial charge < -0.3 is 5.11 Å². The fourth-order valence-electron chi connectivity index (χ4n) is 3.77. The average molecular weight is 417 g/mol. The van der Waals surface area contributed by atoms with Gasteiger partial charge >= 0.3 is 0 Å². The lowest BCUT2D eigenvalue weighted by Gasteiger charge is -2.28. The predicted molar refractivity (Wildman–Crippen MR) is 120 cm³/mol. The Hall–Kier alpha value is -3.21. The second kappa shape index (κ2) is 8.27. The Morgan fingerprint density at radius 1 is 0.967 bits per heavy atom. The van der Waals surface area contributed by atoms with E-state index in [1.165, 1.54) is 0 Å². The number of aliphatic imine (C=N–C) groups is 1. The summed E-state index contributed by atoms with van der Waals surface area (Å²) in [6, 6.07) is 26.7. The van der Waals surface area contributed by atoms with Crippen LogP contribution in [0.3, 0.4) is 0 Å². The molecule has 4 rings (SSSR count). The highest BCUT2D eigenvalue weighted by molar-refractivity contribution is 6.31. The van der Waals surface area contributed by atoms with E-state index in [-0.39, 0.29) is 0 Å². The first-order chi connectivity index (χ1) is 14.5. The molecule has 0 aliphatic rings. The molecule has 30 heavy (non-hydrogen) atoms. The van der Waals surface area contributed by atoms with Crippen molar-refractivity contribution in [3.8, 4) is 0 Å². The number of rotatable bonds is 5. The van der Waals surface area contributed by atoms with Gasteiger partial charge in [-0.05, 0) is 24.3 Å². The van der Waals surface area contributed by atoms with Crippen LogP contribution in [0.25, 0.3) is 0 Å². The zero-order chi connectivity index (χ0) is 21.1. The van der Waals surface area contributed by atoms with Crippen molar-refractivity contribution in [2.75, 3.05) is 0 Å². The molecule has 1 unspecified atom stereocenters. The van der Waals surface area contributed by atoms with E-state index >= 15 is 0 Å². The van der Waals surface area contributed by atoms with Gasteiger partial charge in [0.15, 0.2) is 0 Å². The molecule has 0 radical (unpaired) electrons. The van der Waals surface area contributed by atoms with Crippen LogP contribution in [0.1, 0.15) is 17.0 Å². The van der Waals surface area contributed by atoms with Crippen LogP contribution >= 0.6 is 11.6 Å². The second-order valence-corrected chi connectivity index (χ2v) is 7.66. The fraction of sp³-hybridized carbons (Fsp3) is 0.120. The van der Waals surface area contributed by atoms with Crippen LogP contribution in [-0.2, 0) is 19.7 Å². The third-order valence-corrected chi connectivity index (χ3v) is 5.37. The van der Waals surface area contributed by atoms with Gasteiger partial charge in [-0.1, -0.05) is 72.3 Å². The lowest BCUT2D eigenvalue weighted by molar-refractivity contribution is -0.683. The summed E-state index contributed by atoms with van der Waals surface area (Å²) in [5.41, 5.74) is 1.20. The number of benzene rings is 3. The van der Waals surface area contributed by atoms with Crippen molar-refractivity contribution in [3.63, 3.8) is 0 Å². The number of hydrogen-bond acceptors (Lipinski definition) is 2. The van der Waals surface area contributed by atoms with E-state index in [0.717, 1.165) is 16.8 Å². The Balaban J connectivity index is 2.08. The predicted octanol–water partition coefficient (Wildman–Crippen LogP) is 4.56. The van der Waals surface area contributed by atoms with Gasteiger partial charge in [-0.3, -0.25) is 0 Å². The number of aliphatic hydroxyl groups is 1. The third kappa shape index (κ3) is 3.67. The molecule has 0 saturated heterocycles. The summed E-state index contributed by atoms with van der Waals surface area (Å²) in [5, 5.41) is 13.0.